The van der Waals surface area contributed by atoms with E-state index in [2.05, 4.69) is 44.5 Å². The highest BCUT2D eigenvalue weighted by atomic mass is 35.5. The van der Waals surface area contributed by atoms with Crippen LogP contribution < -0.4 is 10.2 Å². The summed E-state index contributed by atoms with van der Waals surface area (Å²) in [4.78, 5) is 10.9. The molecule has 0 atom stereocenters. The number of anilines is 1. The van der Waals surface area contributed by atoms with Gasteiger partial charge in [0.25, 0.3) is 0 Å². The van der Waals surface area contributed by atoms with E-state index in [1.165, 1.54) is 5.69 Å². The molecule has 1 aromatic heterocycles. The van der Waals surface area contributed by atoms with Gasteiger partial charge in [0.2, 0.25) is 0 Å². The van der Waals surface area contributed by atoms with Crippen LogP contribution in [0.2, 0.25) is 0 Å². The van der Waals surface area contributed by atoms with E-state index < -0.39 is 0 Å². The van der Waals surface area contributed by atoms with E-state index in [1.807, 2.05) is 6.07 Å². The predicted molar refractivity (Wildman–Crippen MR) is 87.0 cm³/mol. The Labute approximate surface area is 131 Å². The maximum Gasteiger partial charge on any atom is 0.159 e. The van der Waals surface area contributed by atoms with Crippen molar-refractivity contribution in [2.75, 3.05) is 31.1 Å². The summed E-state index contributed by atoms with van der Waals surface area (Å²) in [5, 5.41) is 3.36. The normalized spacial score (nSPS) is 14.1. The minimum absolute atomic E-state index is 0. The maximum absolute atomic E-state index is 4.26. The quantitative estimate of drug-likeness (QED) is 0.924. The third kappa shape index (κ3) is 3.82. The third-order valence-electron chi connectivity index (χ3n) is 3.17. The second kappa shape index (κ2) is 8.04. The fraction of sp³-hybridized carbons (Fsp3) is 0.286. The lowest BCUT2D eigenvalue weighted by atomic mass is 10.1. The first-order valence-electron chi connectivity index (χ1n) is 6.26. The van der Waals surface area contributed by atoms with Crippen LogP contribution in [0.1, 0.15) is 0 Å². The van der Waals surface area contributed by atoms with Crippen molar-refractivity contribution >= 4 is 30.5 Å². The van der Waals surface area contributed by atoms with Crippen molar-refractivity contribution in [2.24, 2.45) is 0 Å². The van der Waals surface area contributed by atoms with Gasteiger partial charge in [0.05, 0.1) is 0 Å². The van der Waals surface area contributed by atoms with Gasteiger partial charge < -0.3 is 10.2 Å². The number of rotatable bonds is 2. The summed E-state index contributed by atoms with van der Waals surface area (Å²) in [6, 6.07) is 10.3. The van der Waals surface area contributed by atoms with Gasteiger partial charge in [-0.1, -0.05) is 0 Å². The molecule has 0 bridgehead atoms. The zero-order valence-electron chi connectivity index (χ0n) is 11.0. The number of piperazine rings is 1. The van der Waals surface area contributed by atoms with Gasteiger partial charge in [0, 0.05) is 49.8 Å². The number of nitrogens with one attached hydrogen (secondary N) is 1. The van der Waals surface area contributed by atoms with Crippen LogP contribution in [0.25, 0.3) is 11.4 Å². The lowest BCUT2D eigenvalue weighted by molar-refractivity contribution is 0.589. The summed E-state index contributed by atoms with van der Waals surface area (Å²) in [6.07, 6.45) is 3.54. The number of aromatic nitrogens is 2. The Hall–Kier alpha value is -1.36. The van der Waals surface area contributed by atoms with E-state index in [0.717, 1.165) is 37.6 Å². The fourth-order valence-corrected chi connectivity index (χ4v) is 2.19. The Balaban J connectivity index is 0.000001000. The highest BCUT2D eigenvalue weighted by molar-refractivity contribution is 5.85. The van der Waals surface area contributed by atoms with E-state index in [1.54, 1.807) is 12.4 Å². The topological polar surface area (TPSA) is 41.1 Å². The van der Waals surface area contributed by atoms with Crippen molar-refractivity contribution in [3.63, 3.8) is 0 Å². The molecular weight excluding hydrogens is 295 g/mol. The Bertz CT molecular complexity index is 498. The molecule has 1 saturated heterocycles. The van der Waals surface area contributed by atoms with Crippen molar-refractivity contribution in [3.8, 4) is 11.4 Å². The zero-order chi connectivity index (χ0) is 12.2. The van der Waals surface area contributed by atoms with Crippen LogP contribution in [0.5, 0.6) is 0 Å². The SMILES string of the molecule is Cl.Cl.c1cnc(-c2ccc(N3CCNCC3)cc2)nc1. The van der Waals surface area contributed by atoms with Crippen molar-refractivity contribution in [2.45, 2.75) is 0 Å². The molecule has 0 amide bonds. The molecule has 4 nitrogen and oxygen atoms in total. The van der Waals surface area contributed by atoms with Crippen molar-refractivity contribution in [1.82, 2.24) is 15.3 Å². The maximum atomic E-state index is 4.26. The summed E-state index contributed by atoms with van der Waals surface area (Å²) in [5.74, 6) is 0.782. The standard InChI is InChI=1S/C14H16N4.2ClH/c1-6-16-14(17-7-1)12-2-4-13(5-3-12)18-10-8-15-9-11-18;;/h1-7,15H,8-11H2;2*1H. The van der Waals surface area contributed by atoms with Gasteiger partial charge in [-0.05, 0) is 30.3 Å². The number of nitrogens with zero attached hydrogens (tertiary/aromatic N) is 3. The van der Waals surface area contributed by atoms with Crippen LogP contribution >= 0.6 is 24.8 Å². The van der Waals surface area contributed by atoms with Crippen LogP contribution in [-0.2, 0) is 0 Å². The number of hydrogen-bond acceptors (Lipinski definition) is 4. The summed E-state index contributed by atoms with van der Waals surface area (Å²) in [7, 11) is 0. The van der Waals surface area contributed by atoms with Crippen molar-refractivity contribution in [1.29, 1.82) is 0 Å². The molecule has 20 heavy (non-hydrogen) atoms. The number of benzene rings is 1. The largest absolute Gasteiger partial charge is 0.369 e. The molecule has 1 fully saturated rings. The van der Waals surface area contributed by atoms with Gasteiger partial charge in [-0.2, -0.15) is 0 Å². The van der Waals surface area contributed by atoms with E-state index in [4.69, 9.17) is 0 Å². The fourth-order valence-electron chi connectivity index (χ4n) is 2.19. The first-order chi connectivity index (χ1) is 8.93. The van der Waals surface area contributed by atoms with Crippen molar-refractivity contribution in [3.05, 3.63) is 42.7 Å². The van der Waals surface area contributed by atoms with E-state index >= 15 is 0 Å². The molecule has 0 unspecified atom stereocenters. The minimum atomic E-state index is 0. The monoisotopic (exact) mass is 312 g/mol. The molecule has 2 aromatic rings. The molecule has 108 valence electrons. The Morgan fingerprint density at radius 2 is 1.50 bits per heavy atom. The molecule has 6 heteroatoms. The van der Waals surface area contributed by atoms with E-state index in [-0.39, 0.29) is 24.8 Å². The average Bonchev–Trinajstić information content (AvgIpc) is 2.49. The first-order valence-corrected chi connectivity index (χ1v) is 6.26. The van der Waals surface area contributed by atoms with Crippen LogP contribution in [0.15, 0.2) is 42.7 Å². The van der Waals surface area contributed by atoms with E-state index in [9.17, 15) is 0 Å². The minimum Gasteiger partial charge on any atom is -0.369 e. The molecule has 3 rings (SSSR count). The zero-order valence-corrected chi connectivity index (χ0v) is 12.7. The smallest absolute Gasteiger partial charge is 0.159 e. The second-order valence-electron chi connectivity index (χ2n) is 4.36. The molecule has 0 aliphatic carbocycles. The van der Waals surface area contributed by atoms with Gasteiger partial charge in [0.15, 0.2) is 5.82 Å². The molecule has 1 aliphatic heterocycles. The summed E-state index contributed by atoms with van der Waals surface area (Å²) in [5.41, 5.74) is 2.34. The Morgan fingerprint density at radius 1 is 0.900 bits per heavy atom. The van der Waals surface area contributed by atoms with Gasteiger partial charge in [-0.25, -0.2) is 9.97 Å². The van der Waals surface area contributed by atoms with Crippen molar-refractivity contribution < 1.29 is 0 Å². The Morgan fingerprint density at radius 3 is 2.10 bits per heavy atom. The number of hydrogen-bond donors (Lipinski definition) is 1. The third-order valence-corrected chi connectivity index (χ3v) is 3.17. The molecule has 2 heterocycles. The molecule has 0 spiro atoms. The van der Waals surface area contributed by atoms with Gasteiger partial charge in [-0.15, -0.1) is 24.8 Å². The molecule has 1 N–H and O–H groups in total. The lowest BCUT2D eigenvalue weighted by Crippen LogP contribution is -2.43. The van der Waals surface area contributed by atoms with Crippen LogP contribution in [0.3, 0.4) is 0 Å². The van der Waals surface area contributed by atoms with Gasteiger partial charge >= 0.3 is 0 Å². The first kappa shape index (κ1) is 16.7. The molecule has 0 saturated carbocycles. The second-order valence-corrected chi connectivity index (χ2v) is 4.36. The highest BCUT2D eigenvalue weighted by Gasteiger charge is 2.10. The lowest BCUT2D eigenvalue weighted by Gasteiger charge is -2.29. The van der Waals surface area contributed by atoms with Gasteiger partial charge in [-0.3, -0.25) is 0 Å². The molecule has 1 aromatic carbocycles. The van der Waals surface area contributed by atoms with Crippen LogP contribution in [-0.4, -0.2) is 36.1 Å². The molecule has 1 aliphatic rings. The van der Waals surface area contributed by atoms with Crippen LogP contribution in [0, 0.1) is 0 Å². The average molecular weight is 313 g/mol. The Kier molecular flexibility index (Phi) is 6.71. The molecule has 0 radical (unpaired) electrons. The summed E-state index contributed by atoms with van der Waals surface area (Å²) >= 11 is 0. The summed E-state index contributed by atoms with van der Waals surface area (Å²) in [6.45, 7) is 4.26. The number of halogens is 2. The van der Waals surface area contributed by atoms with E-state index in [0.29, 0.717) is 0 Å². The summed E-state index contributed by atoms with van der Waals surface area (Å²) < 4.78 is 0. The molecular formula is C14H18Cl2N4. The highest BCUT2D eigenvalue weighted by Crippen LogP contribution is 2.20. The van der Waals surface area contributed by atoms with Crippen LogP contribution in [0.4, 0.5) is 5.69 Å². The van der Waals surface area contributed by atoms with Gasteiger partial charge in [0.1, 0.15) is 0 Å². The predicted octanol–water partition coefficient (Wildman–Crippen LogP) is 2.40.